The molecule has 1 fully saturated rings. The van der Waals surface area contributed by atoms with E-state index in [0.717, 1.165) is 20.9 Å². The first-order valence-electron chi connectivity index (χ1n) is 6.62. The third kappa shape index (κ3) is 3.21. The van der Waals surface area contributed by atoms with E-state index < -0.39 is 0 Å². The van der Waals surface area contributed by atoms with Crippen molar-refractivity contribution in [2.75, 3.05) is 0 Å². The Morgan fingerprint density at radius 2 is 1.89 bits per heavy atom. The summed E-state index contributed by atoms with van der Waals surface area (Å²) < 4.78 is 1.64. The lowest BCUT2D eigenvalue weighted by molar-refractivity contribution is 0.167. The molecule has 0 unspecified atom stereocenters. The quantitative estimate of drug-likeness (QED) is 0.716. The topological polar surface area (TPSA) is 28.7 Å². The summed E-state index contributed by atoms with van der Waals surface area (Å²) in [7, 11) is 0. The van der Waals surface area contributed by atoms with Crippen molar-refractivity contribution in [3.8, 4) is 0 Å². The Morgan fingerprint density at radius 3 is 2.39 bits per heavy atom. The van der Waals surface area contributed by atoms with E-state index in [9.17, 15) is 0 Å². The molecular weight excluding hydrogens is 308 g/mol. The molecule has 1 saturated carbocycles. The van der Waals surface area contributed by atoms with Crippen molar-refractivity contribution in [2.24, 2.45) is 11.3 Å². The van der Waals surface area contributed by atoms with Gasteiger partial charge in [0.1, 0.15) is 10.5 Å². The van der Waals surface area contributed by atoms with Crippen LogP contribution in [0.4, 0.5) is 0 Å². The Morgan fingerprint density at radius 1 is 1.28 bits per heavy atom. The molecule has 0 saturated heterocycles. The summed E-state index contributed by atoms with van der Waals surface area (Å²) in [6.45, 7) is 7.05. The molecule has 1 aliphatic carbocycles. The van der Waals surface area contributed by atoms with Gasteiger partial charge < -0.3 is 4.98 Å². The molecule has 0 bridgehead atoms. The fourth-order valence-electron chi connectivity index (χ4n) is 2.83. The van der Waals surface area contributed by atoms with Crippen LogP contribution in [0, 0.1) is 16.0 Å². The monoisotopic (exact) mass is 328 g/mol. The van der Waals surface area contributed by atoms with Gasteiger partial charge in [-0.3, -0.25) is 0 Å². The van der Waals surface area contributed by atoms with Crippen molar-refractivity contribution in [2.45, 2.75) is 52.4 Å². The lowest BCUT2D eigenvalue weighted by Crippen LogP contribution is -2.25. The van der Waals surface area contributed by atoms with E-state index in [1.807, 2.05) is 6.20 Å². The van der Waals surface area contributed by atoms with Crippen LogP contribution in [-0.4, -0.2) is 9.97 Å². The zero-order valence-corrected chi connectivity index (χ0v) is 13.7. The molecular formula is C14H21BrN2S. The predicted octanol–water partition coefficient (Wildman–Crippen LogP) is 5.22. The standard InChI is InChI=1S/C14H21BrN2S/c1-14(2,3)10-6-4-9(5-7-10)12-16-8-11(15)13(18)17-12/h8-10H,4-7H2,1-3H3,(H,16,17,18). The van der Waals surface area contributed by atoms with E-state index in [0.29, 0.717) is 11.3 Å². The van der Waals surface area contributed by atoms with Crippen molar-refractivity contribution >= 4 is 28.1 Å². The smallest absolute Gasteiger partial charge is 0.120 e. The molecule has 1 aliphatic rings. The highest BCUT2D eigenvalue weighted by Crippen LogP contribution is 2.42. The van der Waals surface area contributed by atoms with E-state index in [1.165, 1.54) is 25.7 Å². The van der Waals surface area contributed by atoms with Crippen molar-refractivity contribution in [3.63, 3.8) is 0 Å². The number of aromatic amines is 1. The van der Waals surface area contributed by atoms with Crippen molar-refractivity contribution in [1.29, 1.82) is 0 Å². The summed E-state index contributed by atoms with van der Waals surface area (Å²) in [4.78, 5) is 7.74. The molecule has 18 heavy (non-hydrogen) atoms. The number of hydrogen-bond donors (Lipinski definition) is 1. The first kappa shape index (κ1) is 14.2. The highest BCUT2D eigenvalue weighted by Gasteiger charge is 2.30. The van der Waals surface area contributed by atoms with Crippen LogP contribution in [0.25, 0.3) is 0 Å². The Labute approximate surface area is 123 Å². The third-order valence-corrected chi connectivity index (χ3v) is 5.30. The van der Waals surface area contributed by atoms with Gasteiger partial charge in [-0.2, -0.15) is 0 Å². The van der Waals surface area contributed by atoms with E-state index >= 15 is 0 Å². The predicted molar refractivity (Wildman–Crippen MR) is 81.3 cm³/mol. The lowest BCUT2D eigenvalue weighted by atomic mass is 9.70. The van der Waals surface area contributed by atoms with Crippen molar-refractivity contribution < 1.29 is 0 Å². The average Bonchev–Trinajstić information content (AvgIpc) is 2.32. The zero-order chi connectivity index (χ0) is 13.3. The Kier molecular flexibility index (Phi) is 4.27. The number of nitrogens with zero attached hydrogens (tertiary/aromatic N) is 1. The van der Waals surface area contributed by atoms with Crippen LogP contribution in [-0.2, 0) is 0 Å². The summed E-state index contributed by atoms with van der Waals surface area (Å²) in [6, 6.07) is 0. The number of rotatable bonds is 1. The highest BCUT2D eigenvalue weighted by molar-refractivity contribution is 9.10. The maximum absolute atomic E-state index is 5.25. The largest absolute Gasteiger partial charge is 0.334 e. The number of nitrogens with one attached hydrogen (secondary N) is 1. The van der Waals surface area contributed by atoms with Gasteiger partial charge in [-0.25, -0.2) is 4.98 Å². The third-order valence-electron chi connectivity index (χ3n) is 4.11. The van der Waals surface area contributed by atoms with E-state index in [-0.39, 0.29) is 0 Å². The highest BCUT2D eigenvalue weighted by atomic mass is 79.9. The summed E-state index contributed by atoms with van der Waals surface area (Å²) in [5, 5.41) is 0. The van der Waals surface area contributed by atoms with Gasteiger partial charge in [-0.1, -0.05) is 33.0 Å². The molecule has 1 aromatic rings. The first-order chi connectivity index (χ1) is 8.38. The van der Waals surface area contributed by atoms with Gasteiger partial charge in [0.15, 0.2) is 0 Å². The van der Waals surface area contributed by atoms with Gasteiger partial charge in [0.2, 0.25) is 0 Å². The van der Waals surface area contributed by atoms with Crippen molar-refractivity contribution in [1.82, 2.24) is 9.97 Å². The molecule has 2 nitrogen and oxygen atoms in total. The molecule has 1 heterocycles. The van der Waals surface area contributed by atoms with Gasteiger partial charge in [-0.05, 0) is 52.9 Å². The van der Waals surface area contributed by atoms with Crippen LogP contribution in [0.1, 0.15) is 58.2 Å². The molecule has 2 rings (SSSR count). The molecule has 100 valence electrons. The van der Waals surface area contributed by atoms with Gasteiger partial charge in [0, 0.05) is 12.1 Å². The van der Waals surface area contributed by atoms with Gasteiger partial charge >= 0.3 is 0 Å². The zero-order valence-electron chi connectivity index (χ0n) is 11.3. The Hall–Kier alpha value is -0.220. The molecule has 0 aliphatic heterocycles. The molecule has 4 heteroatoms. The van der Waals surface area contributed by atoms with Crippen LogP contribution in [0.15, 0.2) is 10.7 Å². The van der Waals surface area contributed by atoms with E-state index in [1.54, 1.807) is 0 Å². The fourth-order valence-corrected chi connectivity index (χ4v) is 3.19. The van der Waals surface area contributed by atoms with Crippen LogP contribution >= 0.6 is 28.1 Å². The van der Waals surface area contributed by atoms with E-state index in [4.69, 9.17) is 12.2 Å². The maximum atomic E-state index is 5.25. The SMILES string of the molecule is CC(C)(C)C1CCC(c2ncc(Br)c(=S)[nH]2)CC1. The molecule has 0 radical (unpaired) electrons. The van der Waals surface area contributed by atoms with E-state index in [2.05, 4.69) is 46.7 Å². The summed E-state index contributed by atoms with van der Waals surface area (Å²) in [6.07, 6.45) is 6.87. The van der Waals surface area contributed by atoms with Crippen LogP contribution in [0.2, 0.25) is 0 Å². The first-order valence-corrected chi connectivity index (χ1v) is 7.83. The maximum Gasteiger partial charge on any atom is 0.120 e. The van der Waals surface area contributed by atoms with Crippen LogP contribution in [0.3, 0.4) is 0 Å². The molecule has 0 spiro atoms. The van der Waals surface area contributed by atoms with Crippen LogP contribution < -0.4 is 0 Å². The molecule has 0 amide bonds. The summed E-state index contributed by atoms with van der Waals surface area (Å²) in [5.74, 6) is 2.46. The average molecular weight is 329 g/mol. The number of aromatic nitrogens is 2. The number of halogens is 1. The lowest BCUT2D eigenvalue weighted by Gasteiger charge is -2.36. The molecule has 0 aromatic carbocycles. The number of H-pyrrole nitrogens is 1. The minimum atomic E-state index is 0.436. The summed E-state index contributed by atoms with van der Waals surface area (Å²) in [5.41, 5.74) is 0.436. The van der Waals surface area contributed by atoms with Gasteiger partial charge in [-0.15, -0.1) is 0 Å². The van der Waals surface area contributed by atoms with Crippen LogP contribution in [0.5, 0.6) is 0 Å². The molecule has 1 N–H and O–H groups in total. The minimum Gasteiger partial charge on any atom is -0.334 e. The Balaban J connectivity index is 2.06. The Bertz CT molecular complexity index is 467. The minimum absolute atomic E-state index is 0.436. The summed E-state index contributed by atoms with van der Waals surface area (Å²) >= 11 is 8.64. The second kappa shape index (κ2) is 5.41. The second-order valence-corrected chi connectivity index (χ2v) is 7.62. The normalized spacial score (nSPS) is 25.1. The van der Waals surface area contributed by atoms with Gasteiger partial charge in [0.25, 0.3) is 0 Å². The molecule has 0 atom stereocenters. The number of hydrogen-bond acceptors (Lipinski definition) is 2. The molecule has 1 aromatic heterocycles. The fraction of sp³-hybridized carbons (Fsp3) is 0.714. The second-order valence-electron chi connectivity index (χ2n) is 6.36. The van der Waals surface area contributed by atoms with Gasteiger partial charge in [0.05, 0.1) is 4.47 Å². The van der Waals surface area contributed by atoms with Crippen molar-refractivity contribution in [3.05, 3.63) is 21.1 Å².